The normalized spacial score (nSPS) is 14.7. The van der Waals surface area contributed by atoms with Gasteiger partial charge in [-0.25, -0.2) is 4.79 Å². The highest BCUT2D eigenvalue weighted by Crippen LogP contribution is 2.02. The van der Waals surface area contributed by atoms with Crippen LogP contribution in [0.2, 0.25) is 0 Å². The lowest BCUT2D eigenvalue weighted by Crippen LogP contribution is -2.26. The van der Waals surface area contributed by atoms with Gasteiger partial charge in [0.2, 0.25) is 0 Å². The van der Waals surface area contributed by atoms with E-state index in [-0.39, 0.29) is 0 Å². The Morgan fingerprint density at radius 2 is 2.21 bits per heavy atom. The van der Waals surface area contributed by atoms with Crippen molar-refractivity contribution >= 4 is 6.16 Å². The highest BCUT2D eigenvalue weighted by atomic mass is 16.7. The highest BCUT2D eigenvalue weighted by Gasteiger charge is 2.09. The molecule has 5 nitrogen and oxygen atoms in total. The molecule has 0 aromatic rings. The van der Waals surface area contributed by atoms with E-state index in [0.29, 0.717) is 19.8 Å². The molecule has 0 amide bonds. The summed E-state index contributed by atoms with van der Waals surface area (Å²) in [6.07, 6.45) is 3.35. The molecular weight excluding hydrogens is 184 g/mol. The van der Waals surface area contributed by atoms with Crippen molar-refractivity contribution in [1.82, 2.24) is 9.80 Å². The molecule has 0 unspecified atom stereocenters. The Hall–Kier alpha value is -1.39. The average molecular weight is 200 g/mol. The zero-order valence-corrected chi connectivity index (χ0v) is 8.60. The van der Waals surface area contributed by atoms with Gasteiger partial charge in [0.05, 0.1) is 19.8 Å². The van der Waals surface area contributed by atoms with Gasteiger partial charge in [-0.1, -0.05) is 0 Å². The van der Waals surface area contributed by atoms with E-state index < -0.39 is 6.16 Å². The Labute approximate surface area is 83.9 Å². The molecule has 0 N–H and O–H groups in total. The quantitative estimate of drug-likeness (QED) is 0.629. The van der Waals surface area contributed by atoms with Gasteiger partial charge >= 0.3 is 6.16 Å². The Bertz CT molecular complexity index is 218. The first-order valence-electron chi connectivity index (χ1n) is 4.64. The van der Waals surface area contributed by atoms with E-state index in [1.807, 2.05) is 24.3 Å². The van der Waals surface area contributed by atoms with Crippen LogP contribution < -0.4 is 0 Å². The molecule has 0 bridgehead atoms. The predicted octanol–water partition coefficient (Wildman–Crippen LogP) is 0.836. The van der Waals surface area contributed by atoms with Crippen LogP contribution in [0.4, 0.5) is 4.79 Å². The maximum atomic E-state index is 10.8. The Kier molecular flexibility index (Phi) is 4.10. The molecule has 1 aliphatic rings. The number of hydrogen-bond acceptors (Lipinski definition) is 5. The van der Waals surface area contributed by atoms with Gasteiger partial charge in [0.25, 0.3) is 0 Å². The van der Waals surface area contributed by atoms with Crippen LogP contribution in [0.15, 0.2) is 12.4 Å². The van der Waals surface area contributed by atoms with Crippen molar-refractivity contribution in [3.63, 3.8) is 0 Å². The summed E-state index contributed by atoms with van der Waals surface area (Å²) >= 11 is 0. The SMILES string of the molecule is CCOC(=O)OCCN1C=CN(C)C1. The lowest BCUT2D eigenvalue weighted by atomic mass is 10.6. The molecule has 80 valence electrons. The molecule has 0 atom stereocenters. The fraction of sp³-hybridized carbons (Fsp3) is 0.667. The average Bonchev–Trinajstić information content (AvgIpc) is 2.52. The molecule has 0 radical (unpaired) electrons. The molecule has 0 fully saturated rings. The predicted molar refractivity (Wildman–Crippen MR) is 51.5 cm³/mol. The van der Waals surface area contributed by atoms with Gasteiger partial charge in [-0.2, -0.15) is 0 Å². The number of nitrogens with zero attached hydrogens (tertiary/aromatic N) is 2. The lowest BCUT2D eigenvalue weighted by Gasteiger charge is -2.17. The van der Waals surface area contributed by atoms with E-state index in [9.17, 15) is 4.79 Å². The van der Waals surface area contributed by atoms with Crippen molar-refractivity contribution in [2.24, 2.45) is 0 Å². The van der Waals surface area contributed by atoms with Gasteiger partial charge < -0.3 is 19.3 Å². The van der Waals surface area contributed by atoms with Gasteiger partial charge in [-0.15, -0.1) is 0 Å². The van der Waals surface area contributed by atoms with E-state index in [0.717, 1.165) is 6.67 Å². The van der Waals surface area contributed by atoms with Gasteiger partial charge in [0.1, 0.15) is 6.61 Å². The zero-order chi connectivity index (χ0) is 10.4. The fourth-order valence-electron chi connectivity index (χ4n) is 1.14. The van der Waals surface area contributed by atoms with Crippen molar-refractivity contribution in [3.05, 3.63) is 12.4 Å². The summed E-state index contributed by atoms with van der Waals surface area (Å²) in [5.74, 6) is 0. The number of ether oxygens (including phenoxy) is 2. The molecule has 0 aromatic carbocycles. The van der Waals surface area contributed by atoms with E-state index in [1.54, 1.807) is 6.92 Å². The van der Waals surface area contributed by atoms with Gasteiger partial charge in [-0.05, 0) is 6.92 Å². The summed E-state index contributed by atoms with van der Waals surface area (Å²) in [4.78, 5) is 14.9. The second-order valence-electron chi connectivity index (χ2n) is 3.04. The van der Waals surface area contributed by atoms with Crippen LogP contribution in [0.25, 0.3) is 0 Å². The molecule has 0 saturated carbocycles. The van der Waals surface area contributed by atoms with Crippen molar-refractivity contribution < 1.29 is 14.3 Å². The standard InChI is InChI=1S/C9H16N2O3/c1-3-13-9(12)14-7-6-11-5-4-10(2)8-11/h4-5H,3,6-8H2,1-2H3. The molecular formula is C9H16N2O3. The highest BCUT2D eigenvalue weighted by molar-refractivity contribution is 5.59. The number of carbonyl (C=O) groups is 1. The second kappa shape index (κ2) is 5.36. The minimum absolute atomic E-state index is 0.352. The first kappa shape index (κ1) is 10.7. The number of carbonyl (C=O) groups excluding carboxylic acids is 1. The summed E-state index contributed by atoms with van der Waals surface area (Å²) in [6, 6.07) is 0. The summed E-state index contributed by atoms with van der Waals surface area (Å²) in [6.45, 7) is 3.99. The monoisotopic (exact) mass is 200 g/mol. The molecule has 1 heterocycles. The van der Waals surface area contributed by atoms with Crippen molar-refractivity contribution in [2.45, 2.75) is 6.92 Å². The molecule has 1 aliphatic heterocycles. The number of rotatable bonds is 4. The van der Waals surface area contributed by atoms with Crippen LogP contribution >= 0.6 is 0 Å². The zero-order valence-electron chi connectivity index (χ0n) is 8.60. The minimum Gasteiger partial charge on any atom is -0.435 e. The van der Waals surface area contributed by atoms with Crippen LogP contribution in [-0.2, 0) is 9.47 Å². The smallest absolute Gasteiger partial charge is 0.435 e. The summed E-state index contributed by atoms with van der Waals surface area (Å²) in [7, 11) is 1.99. The van der Waals surface area contributed by atoms with E-state index >= 15 is 0 Å². The summed E-state index contributed by atoms with van der Waals surface area (Å²) < 4.78 is 9.44. The van der Waals surface area contributed by atoms with Crippen LogP contribution in [-0.4, -0.2) is 49.4 Å². The van der Waals surface area contributed by atoms with Gasteiger partial charge in [0.15, 0.2) is 0 Å². The summed E-state index contributed by atoms with van der Waals surface area (Å²) in [5.41, 5.74) is 0. The molecule has 0 aliphatic carbocycles. The largest absolute Gasteiger partial charge is 0.508 e. The van der Waals surface area contributed by atoms with E-state index in [1.165, 1.54) is 0 Å². The maximum absolute atomic E-state index is 10.8. The molecule has 5 heteroatoms. The molecule has 1 rings (SSSR count). The first-order valence-corrected chi connectivity index (χ1v) is 4.64. The van der Waals surface area contributed by atoms with Gasteiger partial charge in [-0.3, -0.25) is 0 Å². The Morgan fingerprint density at radius 1 is 1.43 bits per heavy atom. The second-order valence-corrected chi connectivity index (χ2v) is 3.04. The Morgan fingerprint density at radius 3 is 2.79 bits per heavy atom. The maximum Gasteiger partial charge on any atom is 0.508 e. The van der Waals surface area contributed by atoms with Gasteiger partial charge in [0, 0.05) is 19.4 Å². The first-order chi connectivity index (χ1) is 6.72. The third-order valence-electron chi connectivity index (χ3n) is 1.80. The molecule has 14 heavy (non-hydrogen) atoms. The third kappa shape index (κ3) is 3.55. The third-order valence-corrected chi connectivity index (χ3v) is 1.80. The van der Waals surface area contributed by atoms with E-state index in [2.05, 4.69) is 9.64 Å². The fourth-order valence-corrected chi connectivity index (χ4v) is 1.14. The van der Waals surface area contributed by atoms with Crippen LogP contribution in [0, 0.1) is 0 Å². The minimum atomic E-state index is -0.593. The van der Waals surface area contributed by atoms with Crippen LogP contribution in [0.3, 0.4) is 0 Å². The molecule has 0 aromatic heterocycles. The van der Waals surface area contributed by atoms with Crippen molar-refractivity contribution in [1.29, 1.82) is 0 Å². The Balaban J connectivity index is 2.04. The number of hydrogen-bond donors (Lipinski definition) is 0. The lowest BCUT2D eigenvalue weighted by molar-refractivity contribution is 0.0538. The molecule has 0 spiro atoms. The van der Waals surface area contributed by atoms with E-state index in [4.69, 9.17) is 4.74 Å². The summed E-state index contributed by atoms with van der Waals surface area (Å²) in [5, 5.41) is 0. The topological polar surface area (TPSA) is 42.0 Å². The van der Waals surface area contributed by atoms with Crippen molar-refractivity contribution in [3.8, 4) is 0 Å². The van der Waals surface area contributed by atoms with Crippen LogP contribution in [0.5, 0.6) is 0 Å². The van der Waals surface area contributed by atoms with Crippen LogP contribution in [0.1, 0.15) is 6.92 Å². The molecule has 0 saturated heterocycles. The van der Waals surface area contributed by atoms with Crippen molar-refractivity contribution in [2.75, 3.05) is 33.5 Å².